The fourth-order valence-corrected chi connectivity index (χ4v) is 2.44. The zero-order chi connectivity index (χ0) is 12.1. The third-order valence-electron chi connectivity index (χ3n) is 3.20. The van der Waals surface area contributed by atoms with Gasteiger partial charge in [-0.3, -0.25) is 9.80 Å². The Morgan fingerprint density at radius 1 is 1.00 bits per heavy atom. The van der Waals surface area contributed by atoms with Crippen LogP contribution in [0.3, 0.4) is 0 Å². The molecule has 1 aliphatic heterocycles. The molecule has 1 aromatic carbocycles. The maximum absolute atomic E-state index is 12.8. The van der Waals surface area contributed by atoms with Crippen molar-refractivity contribution < 1.29 is 4.39 Å². The molecule has 1 aliphatic rings. The molecule has 1 aromatic rings. The predicted molar refractivity (Wildman–Crippen MR) is 72.0 cm³/mol. The molecular formula is C13H19FN2S. The van der Waals surface area contributed by atoms with E-state index in [9.17, 15) is 4.39 Å². The van der Waals surface area contributed by atoms with E-state index < -0.39 is 0 Å². The minimum absolute atomic E-state index is 0.160. The second kappa shape index (κ2) is 6.38. The minimum atomic E-state index is -0.160. The zero-order valence-corrected chi connectivity index (χ0v) is 10.9. The van der Waals surface area contributed by atoms with E-state index in [1.165, 1.54) is 17.7 Å². The van der Waals surface area contributed by atoms with E-state index in [1.54, 1.807) is 0 Å². The van der Waals surface area contributed by atoms with Crippen molar-refractivity contribution in [2.45, 2.75) is 6.54 Å². The van der Waals surface area contributed by atoms with Gasteiger partial charge in [0.25, 0.3) is 0 Å². The molecule has 2 nitrogen and oxygen atoms in total. The summed E-state index contributed by atoms with van der Waals surface area (Å²) in [6.07, 6.45) is 0. The fourth-order valence-electron chi connectivity index (χ4n) is 2.16. The van der Waals surface area contributed by atoms with Crippen LogP contribution in [0, 0.1) is 5.82 Å². The van der Waals surface area contributed by atoms with Crippen molar-refractivity contribution in [3.05, 3.63) is 35.6 Å². The number of hydrogen-bond acceptors (Lipinski definition) is 3. The lowest BCUT2D eigenvalue weighted by molar-refractivity contribution is 0.133. The molecule has 94 valence electrons. The first kappa shape index (κ1) is 12.9. The van der Waals surface area contributed by atoms with Crippen LogP contribution in [0.2, 0.25) is 0 Å². The maximum atomic E-state index is 12.8. The van der Waals surface area contributed by atoms with E-state index in [0.717, 1.165) is 45.0 Å². The van der Waals surface area contributed by atoms with E-state index in [1.807, 2.05) is 12.1 Å². The van der Waals surface area contributed by atoms with Crippen LogP contribution in [0.25, 0.3) is 0 Å². The van der Waals surface area contributed by atoms with Gasteiger partial charge in [0.05, 0.1) is 0 Å². The molecule has 1 heterocycles. The molecule has 0 atom stereocenters. The lowest BCUT2D eigenvalue weighted by Gasteiger charge is -2.34. The summed E-state index contributed by atoms with van der Waals surface area (Å²) < 4.78 is 12.8. The average molecular weight is 254 g/mol. The van der Waals surface area contributed by atoms with Gasteiger partial charge in [0.1, 0.15) is 5.82 Å². The normalized spacial score (nSPS) is 18.5. The molecular weight excluding hydrogens is 235 g/mol. The third-order valence-corrected chi connectivity index (χ3v) is 3.40. The standard InChI is InChI=1S/C13H19FN2S/c14-13-3-1-12(2-4-13)11-16-7-5-15(6-8-16)9-10-17/h1-4,17H,5-11H2. The van der Waals surface area contributed by atoms with E-state index in [4.69, 9.17) is 0 Å². The fraction of sp³-hybridized carbons (Fsp3) is 0.538. The molecule has 4 heteroatoms. The Balaban J connectivity index is 1.79. The van der Waals surface area contributed by atoms with Crippen LogP contribution in [-0.4, -0.2) is 48.3 Å². The molecule has 0 amide bonds. The molecule has 0 unspecified atom stereocenters. The molecule has 2 rings (SSSR count). The SMILES string of the molecule is Fc1ccc(CN2CCN(CCS)CC2)cc1. The summed E-state index contributed by atoms with van der Waals surface area (Å²) in [7, 11) is 0. The lowest BCUT2D eigenvalue weighted by atomic mass is 10.2. The zero-order valence-electron chi connectivity index (χ0n) is 9.98. The van der Waals surface area contributed by atoms with Crippen molar-refractivity contribution in [2.75, 3.05) is 38.5 Å². The molecule has 0 bridgehead atoms. The predicted octanol–water partition coefficient (Wildman–Crippen LogP) is 1.87. The Kier molecular flexibility index (Phi) is 4.83. The highest BCUT2D eigenvalue weighted by atomic mass is 32.1. The largest absolute Gasteiger partial charge is 0.300 e. The van der Waals surface area contributed by atoms with E-state index in [-0.39, 0.29) is 5.82 Å². The summed E-state index contributed by atoms with van der Waals surface area (Å²) in [5.41, 5.74) is 1.19. The van der Waals surface area contributed by atoms with E-state index in [2.05, 4.69) is 22.4 Å². The van der Waals surface area contributed by atoms with Crippen molar-refractivity contribution in [2.24, 2.45) is 0 Å². The van der Waals surface area contributed by atoms with Crippen LogP contribution < -0.4 is 0 Å². The van der Waals surface area contributed by atoms with E-state index >= 15 is 0 Å². The van der Waals surface area contributed by atoms with Gasteiger partial charge in [-0.15, -0.1) is 0 Å². The van der Waals surface area contributed by atoms with Crippen LogP contribution in [-0.2, 0) is 6.54 Å². The molecule has 1 saturated heterocycles. The second-order valence-electron chi connectivity index (χ2n) is 4.47. The first-order chi connectivity index (χ1) is 8.28. The quantitative estimate of drug-likeness (QED) is 0.820. The van der Waals surface area contributed by atoms with Gasteiger partial charge >= 0.3 is 0 Å². The Bertz CT molecular complexity index is 334. The van der Waals surface area contributed by atoms with Gasteiger partial charge in [-0.1, -0.05) is 12.1 Å². The maximum Gasteiger partial charge on any atom is 0.123 e. The summed E-state index contributed by atoms with van der Waals surface area (Å²) in [6.45, 7) is 6.41. The Morgan fingerprint density at radius 2 is 1.59 bits per heavy atom. The summed E-state index contributed by atoms with van der Waals surface area (Å²) in [5, 5.41) is 0. The molecule has 0 spiro atoms. The van der Waals surface area contributed by atoms with Gasteiger partial charge in [-0.2, -0.15) is 12.6 Å². The van der Waals surface area contributed by atoms with Crippen LogP contribution in [0.4, 0.5) is 4.39 Å². The summed E-state index contributed by atoms with van der Waals surface area (Å²) >= 11 is 4.25. The first-order valence-corrected chi connectivity index (χ1v) is 6.71. The van der Waals surface area contributed by atoms with Crippen molar-refractivity contribution in [1.82, 2.24) is 9.80 Å². The van der Waals surface area contributed by atoms with Crippen molar-refractivity contribution >= 4 is 12.6 Å². The number of hydrogen-bond donors (Lipinski definition) is 1. The summed E-state index contributed by atoms with van der Waals surface area (Å²) in [4.78, 5) is 4.86. The van der Waals surface area contributed by atoms with Crippen LogP contribution >= 0.6 is 12.6 Å². The molecule has 0 aromatic heterocycles. The highest BCUT2D eigenvalue weighted by molar-refractivity contribution is 7.80. The number of nitrogens with zero attached hydrogens (tertiary/aromatic N) is 2. The number of rotatable bonds is 4. The molecule has 0 saturated carbocycles. The van der Waals surface area contributed by atoms with Crippen molar-refractivity contribution in [3.8, 4) is 0 Å². The number of piperazine rings is 1. The molecule has 0 N–H and O–H groups in total. The highest BCUT2D eigenvalue weighted by Crippen LogP contribution is 2.09. The van der Waals surface area contributed by atoms with Crippen molar-refractivity contribution in [1.29, 1.82) is 0 Å². The van der Waals surface area contributed by atoms with Crippen LogP contribution in [0.5, 0.6) is 0 Å². The topological polar surface area (TPSA) is 6.48 Å². The Morgan fingerprint density at radius 3 is 2.18 bits per heavy atom. The monoisotopic (exact) mass is 254 g/mol. The molecule has 0 radical (unpaired) electrons. The van der Waals surface area contributed by atoms with Gasteiger partial charge in [0.2, 0.25) is 0 Å². The number of benzene rings is 1. The Labute approximate surface area is 108 Å². The molecule has 0 aliphatic carbocycles. The number of thiol groups is 1. The lowest BCUT2D eigenvalue weighted by Crippen LogP contribution is -2.46. The van der Waals surface area contributed by atoms with Gasteiger partial charge in [0.15, 0.2) is 0 Å². The van der Waals surface area contributed by atoms with Crippen molar-refractivity contribution in [3.63, 3.8) is 0 Å². The van der Waals surface area contributed by atoms with Gasteiger partial charge in [-0.25, -0.2) is 4.39 Å². The average Bonchev–Trinajstić information content (AvgIpc) is 2.35. The third kappa shape index (κ3) is 3.98. The van der Waals surface area contributed by atoms with Gasteiger partial charge in [-0.05, 0) is 17.7 Å². The van der Waals surface area contributed by atoms with E-state index in [0.29, 0.717) is 0 Å². The van der Waals surface area contributed by atoms with Crippen LogP contribution in [0.15, 0.2) is 24.3 Å². The van der Waals surface area contributed by atoms with Gasteiger partial charge in [0, 0.05) is 45.0 Å². The number of halogens is 1. The summed E-state index contributed by atoms with van der Waals surface area (Å²) in [5.74, 6) is 0.769. The Hall–Kier alpha value is -0.580. The first-order valence-electron chi connectivity index (χ1n) is 6.08. The molecule has 17 heavy (non-hydrogen) atoms. The van der Waals surface area contributed by atoms with Gasteiger partial charge < -0.3 is 0 Å². The smallest absolute Gasteiger partial charge is 0.123 e. The molecule has 1 fully saturated rings. The minimum Gasteiger partial charge on any atom is -0.300 e. The second-order valence-corrected chi connectivity index (χ2v) is 4.92. The summed E-state index contributed by atoms with van der Waals surface area (Å²) in [6, 6.07) is 6.81. The van der Waals surface area contributed by atoms with Crippen LogP contribution in [0.1, 0.15) is 5.56 Å². The highest BCUT2D eigenvalue weighted by Gasteiger charge is 2.15.